The van der Waals surface area contributed by atoms with Gasteiger partial charge in [0.1, 0.15) is 17.4 Å². The monoisotopic (exact) mass is 599 g/mol. The summed E-state index contributed by atoms with van der Waals surface area (Å²) in [5.41, 5.74) is 2.52. The molecule has 0 atom stereocenters. The number of alkyl halides is 2. The van der Waals surface area contributed by atoms with E-state index in [1.54, 1.807) is 12.1 Å². The van der Waals surface area contributed by atoms with Crippen LogP contribution in [0.2, 0.25) is 0 Å². The number of hydrogen-bond acceptors (Lipinski definition) is 7. The van der Waals surface area contributed by atoms with E-state index in [1.165, 1.54) is 12.1 Å². The van der Waals surface area contributed by atoms with Crippen molar-refractivity contribution in [2.24, 2.45) is 10.6 Å². The van der Waals surface area contributed by atoms with Crippen molar-refractivity contribution in [1.82, 2.24) is 9.80 Å². The lowest BCUT2D eigenvalue weighted by Crippen LogP contribution is -2.61. The molecule has 10 heteroatoms. The van der Waals surface area contributed by atoms with Gasteiger partial charge in [-0.1, -0.05) is 23.4 Å². The standard InChI is InChI=1S/C33H40F3N3O4/c1-4-41-27-15-22(14-26(24-16-33(35,36)17-24)29(27)23-6-8-25(34)9-7-23)19-38-20-32(21-38)18-28(37-43-32)39-12-10-31(3,11-13-39)30(40)42-5-2/h6-9,14-15,24H,4-5,10-13,16-21H2,1-3H3. The van der Waals surface area contributed by atoms with Crippen LogP contribution in [0.4, 0.5) is 13.2 Å². The van der Waals surface area contributed by atoms with Gasteiger partial charge in [0.05, 0.1) is 25.0 Å². The Balaban J connectivity index is 1.12. The molecule has 0 unspecified atom stereocenters. The van der Waals surface area contributed by atoms with Crippen LogP contribution in [0.3, 0.4) is 0 Å². The minimum absolute atomic E-state index is 0.127. The van der Waals surface area contributed by atoms with Crippen LogP contribution >= 0.6 is 0 Å². The van der Waals surface area contributed by atoms with Gasteiger partial charge < -0.3 is 19.2 Å². The van der Waals surface area contributed by atoms with Gasteiger partial charge in [-0.15, -0.1) is 0 Å². The van der Waals surface area contributed by atoms with Crippen molar-refractivity contribution in [1.29, 1.82) is 0 Å². The molecule has 2 saturated heterocycles. The van der Waals surface area contributed by atoms with E-state index >= 15 is 0 Å². The number of nitrogens with zero attached hydrogens (tertiary/aromatic N) is 3. The summed E-state index contributed by atoms with van der Waals surface area (Å²) >= 11 is 0. The van der Waals surface area contributed by atoms with E-state index < -0.39 is 11.3 Å². The molecule has 232 valence electrons. The van der Waals surface area contributed by atoms with Crippen LogP contribution in [0.15, 0.2) is 41.6 Å². The lowest BCUT2D eigenvalue weighted by atomic mass is 9.73. The first-order valence-corrected chi connectivity index (χ1v) is 15.3. The second kappa shape index (κ2) is 11.3. The van der Waals surface area contributed by atoms with Crippen LogP contribution in [-0.4, -0.2) is 72.5 Å². The summed E-state index contributed by atoms with van der Waals surface area (Å²) in [4.78, 5) is 22.9. The number of oxime groups is 1. The topological polar surface area (TPSA) is 63.6 Å². The van der Waals surface area contributed by atoms with Crippen LogP contribution in [0, 0.1) is 11.2 Å². The highest BCUT2D eigenvalue weighted by molar-refractivity contribution is 5.85. The highest BCUT2D eigenvalue weighted by atomic mass is 19.3. The molecule has 1 aliphatic carbocycles. The summed E-state index contributed by atoms with van der Waals surface area (Å²) in [6, 6.07) is 10.1. The van der Waals surface area contributed by atoms with Crippen LogP contribution in [0.1, 0.15) is 69.9 Å². The maximum absolute atomic E-state index is 14.0. The number of carbonyl (C=O) groups excluding carboxylic acids is 1. The molecule has 1 spiro atoms. The number of hydrogen-bond donors (Lipinski definition) is 0. The molecule has 2 aromatic carbocycles. The summed E-state index contributed by atoms with van der Waals surface area (Å²) in [6.07, 6.45) is 1.75. The molecule has 6 rings (SSSR count). The molecular formula is C33H40F3N3O4. The molecule has 0 N–H and O–H groups in total. The smallest absolute Gasteiger partial charge is 0.311 e. The highest BCUT2D eigenvalue weighted by Gasteiger charge is 2.52. The Morgan fingerprint density at radius 1 is 1.07 bits per heavy atom. The minimum atomic E-state index is -2.67. The number of piperidine rings is 1. The predicted octanol–water partition coefficient (Wildman–Crippen LogP) is 6.36. The van der Waals surface area contributed by atoms with E-state index in [0.717, 1.165) is 60.4 Å². The molecule has 43 heavy (non-hydrogen) atoms. The molecule has 0 bridgehead atoms. The minimum Gasteiger partial charge on any atom is -0.493 e. The molecule has 3 fully saturated rings. The molecule has 0 aromatic heterocycles. The first kappa shape index (κ1) is 29.8. The first-order chi connectivity index (χ1) is 20.5. The Morgan fingerprint density at radius 3 is 2.40 bits per heavy atom. The molecule has 0 radical (unpaired) electrons. The molecule has 4 aliphatic rings. The fourth-order valence-electron chi connectivity index (χ4n) is 6.93. The van der Waals surface area contributed by atoms with Crippen molar-refractivity contribution >= 4 is 11.8 Å². The van der Waals surface area contributed by atoms with Crippen LogP contribution in [-0.2, 0) is 20.9 Å². The Bertz CT molecular complexity index is 1370. The number of rotatable bonds is 8. The lowest BCUT2D eigenvalue weighted by molar-refractivity contribution is -0.156. The van der Waals surface area contributed by atoms with E-state index in [0.29, 0.717) is 38.6 Å². The van der Waals surface area contributed by atoms with Gasteiger partial charge in [0.2, 0.25) is 5.92 Å². The second-order valence-corrected chi connectivity index (χ2v) is 12.8. The van der Waals surface area contributed by atoms with Crippen LogP contribution in [0.5, 0.6) is 5.75 Å². The van der Waals surface area contributed by atoms with Gasteiger partial charge in [-0.3, -0.25) is 9.69 Å². The third-order valence-corrected chi connectivity index (χ3v) is 9.41. The molecule has 1 saturated carbocycles. The van der Waals surface area contributed by atoms with Crippen molar-refractivity contribution in [3.05, 3.63) is 53.3 Å². The average Bonchev–Trinajstić information content (AvgIpc) is 3.38. The SMILES string of the molecule is CCOC(=O)C1(C)CCN(C2=NOC3(C2)CN(Cc2cc(OCC)c(-c4ccc(F)cc4)c(C4CC(F)(F)C4)c2)C3)CC1. The average molecular weight is 600 g/mol. The van der Waals surface area contributed by atoms with Gasteiger partial charge in [0.25, 0.3) is 0 Å². The van der Waals surface area contributed by atoms with Crippen molar-refractivity contribution in [3.63, 3.8) is 0 Å². The van der Waals surface area contributed by atoms with Crippen LogP contribution < -0.4 is 4.74 Å². The van der Waals surface area contributed by atoms with Gasteiger partial charge in [-0.25, -0.2) is 13.2 Å². The Morgan fingerprint density at radius 2 is 1.77 bits per heavy atom. The van der Waals surface area contributed by atoms with E-state index in [2.05, 4.69) is 15.0 Å². The largest absolute Gasteiger partial charge is 0.493 e. The summed E-state index contributed by atoms with van der Waals surface area (Å²) < 4.78 is 53.0. The Kier molecular flexibility index (Phi) is 7.85. The van der Waals surface area contributed by atoms with Crippen molar-refractivity contribution < 1.29 is 32.3 Å². The molecule has 3 aliphatic heterocycles. The predicted molar refractivity (Wildman–Crippen MR) is 157 cm³/mol. The first-order valence-electron chi connectivity index (χ1n) is 15.3. The van der Waals surface area contributed by atoms with E-state index in [1.807, 2.05) is 32.9 Å². The highest BCUT2D eigenvalue weighted by Crippen LogP contribution is 2.52. The number of ether oxygens (including phenoxy) is 2. The lowest BCUT2D eigenvalue weighted by Gasteiger charge is -2.46. The van der Waals surface area contributed by atoms with Gasteiger partial charge in [0.15, 0.2) is 5.60 Å². The van der Waals surface area contributed by atoms with E-state index in [4.69, 9.17) is 14.3 Å². The Hall–Kier alpha value is -3.27. The third kappa shape index (κ3) is 5.95. The number of likely N-dealkylation sites (tertiary alicyclic amines) is 2. The second-order valence-electron chi connectivity index (χ2n) is 12.8. The Labute approximate surface area is 250 Å². The summed E-state index contributed by atoms with van der Waals surface area (Å²) in [5.74, 6) is -1.87. The number of amidine groups is 1. The zero-order valence-corrected chi connectivity index (χ0v) is 25.1. The maximum atomic E-state index is 14.0. The molecule has 0 amide bonds. The summed E-state index contributed by atoms with van der Waals surface area (Å²) in [6.45, 7) is 10.0. The van der Waals surface area contributed by atoms with E-state index in [9.17, 15) is 18.0 Å². The molecule has 2 aromatic rings. The zero-order valence-electron chi connectivity index (χ0n) is 25.1. The number of benzene rings is 2. The maximum Gasteiger partial charge on any atom is 0.311 e. The van der Waals surface area contributed by atoms with Gasteiger partial charge in [0, 0.05) is 51.1 Å². The molecular weight excluding hydrogens is 559 g/mol. The summed E-state index contributed by atoms with van der Waals surface area (Å²) in [5, 5.41) is 4.45. The van der Waals surface area contributed by atoms with Crippen molar-refractivity contribution in [3.8, 4) is 16.9 Å². The van der Waals surface area contributed by atoms with Crippen LogP contribution in [0.25, 0.3) is 11.1 Å². The number of esters is 1. The number of halogens is 3. The fraction of sp³-hybridized carbons (Fsp3) is 0.576. The molecule has 7 nitrogen and oxygen atoms in total. The quantitative estimate of drug-likeness (QED) is 0.329. The van der Waals surface area contributed by atoms with E-state index in [-0.39, 0.29) is 36.1 Å². The third-order valence-electron chi connectivity index (χ3n) is 9.41. The van der Waals surface area contributed by atoms with Gasteiger partial charge >= 0.3 is 5.97 Å². The number of carbonyl (C=O) groups is 1. The zero-order chi connectivity index (χ0) is 30.4. The normalized spacial score (nSPS) is 22.4. The molecule has 3 heterocycles. The van der Waals surface area contributed by atoms with Crippen molar-refractivity contribution in [2.75, 3.05) is 39.4 Å². The fourth-order valence-corrected chi connectivity index (χ4v) is 6.93. The van der Waals surface area contributed by atoms with Gasteiger partial charge in [-0.2, -0.15) is 0 Å². The van der Waals surface area contributed by atoms with Crippen molar-refractivity contribution in [2.45, 2.75) is 76.9 Å². The summed E-state index contributed by atoms with van der Waals surface area (Å²) in [7, 11) is 0. The van der Waals surface area contributed by atoms with Gasteiger partial charge in [-0.05, 0) is 74.4 Å².